The third-order valence-corrected chi connectivity index (χ3v) is 3.09. The topological polar surface area (TPSA) is 49.4 Å². The highest BCUT2D eigenvalue weighted by atomic mass is 19.1. The Morgan fingerprint density at radius 2 is 1.90 bits per heavy atom. The Balaban J connectivity index is 2.15. The van der Waals surface area contributed by atoms with Crippen molar-refractivity contribution in [3.63, 3.8) is 0 Å². The molecule has 0 unspecified atom stereocenters. The van der Waals surface area contributed by atoms with Crippen molar-refractivity contribution >= 4 is 17.5 Å². The molecule has 0 bridgehead atoms. The number of benzene rings is 1. The summed E-state index contributed by atoms with van der Waals surface area (Å²) in [5, 5.41) is 2.73. The quantitative estimate of drug-likeness (QED) is 0.919. The highest BCUT2D eigenvalue weighted by Gasteiger charge is 2.35. The summed E-state index contributed by atoms with van der Waals surface area (Å²) in [7, 11) is 0. The third-order valence-electron chi connectivity index (χ3n) is 3.09. The van der Waals surface area contributed by atoms with E-state index in [0.29, 0.717) is 0 Å². The van der Waals surface area contributed by atoms with E-state index in [1.54, 1.807) is 0 Å². The number of rotatable bonds is 3. The zero-order valence-corrected chi connectivity index (χ0v) is 11.3. The van der Waals surface area contributed by atoms with Gasteiger partial charge in [-0.25, -0.2) is 8.78 Å². The summed E-state index contributed by atoms with van der Waals surface area (Å²) >= 11 is 0. The van der Waals surface area contributed by atoms with Crippen LogP contribution in [0.4, 0.5) is 14.5 Å². The fraction of sp³-hybridized carbons (Fsp3) is 0.429. The van der Waals surface area contributed by atoms with Gasteiger partial charge in [0.15, 0.2) is 0 Å². The molecule has 0 aromatic heterocycles. The van der Waals surface area contributed by atoms with Crippen LogP contribution in [0.1, 0.15) is 20.3 Å². The molecule has 1 N–H and O–H groups in total. The van der Waals surface area contributed by atoms with Crippen LogP contribution in [0, 0.1) is 17.6 Å². The molecule has 1 aromatic carbocycles. The molecule has 1 aliphatic heterocycles. The zero-order chi connectivity index (χ0) is 14.9. The maximum atomic E-state index is 13.2. The summed E-state index contributed by atoms with van der Waals surface area (Å²) in [6, 6.07) is 2.90. The van der Waals surface area contributed by atoms with Gasteiger partial charge in [0.2, 0.25) is 11.8 Å². The maximum Gasteiger partial charge on any atom is 0.227 e. The number of amides is 2. The Morgan fingerprint density at radius 1 is 1.30 bits per heavy atom. The van der Waals surface area contributed by atoms with Gasteiger partial charge in [0.25, 0.3) is 0 Å². The van der Waals surface area contributed by atoms with E-state index in [0.717, 1.165) is 18.2 Å². The van der Waals surface area contributed by atoms with E-state index < -0.39 is 17.6 Å². The second kappa shape index (κ2) is 5.56. The summed E-state index contributed by atoms with van der Waals surface area (Å²) in [6.45, 7) is 3.79. The molecule has 6 heteroatoms. The first-order valence-electron chi connectivity index (χ1n) is 6.43. The largest absolute Gasteiger partial charge is 0.354 e. The van der Waals surface area contributed by atoms with E-state index in [1.807, 2.05) is 13.8 Å². The van der Waals surface area contributed by atoms with Gasteiger partial charge in [-0.15, -0.1) is 0 Å². The summed E-state index contributed by atoms with van der Waals surface area (Å²) < 4.78 is 26.4. The van der Waals surface area contributed by atoms with E-state index in [-0.39, 0.29) is 36.5 Å². The van der Waals surface area contributed by atoms with Crippen LogP contribution >= 0.6 is 0 Å². The molecule has 0 saturated carbocycles. The second-order valence-corrected chi connectivity index (χ2v) is 5.20. The van der Waals surface area contributed by atoms with Gasteiger partial charge in [-0.1, -0.05) is 0 Å². The van der Waals surface area contributed by atoms with E-state index in [1.165, 1.54) is 4.90 Å². The number of carbonyl (C=O) groups excluding carboxylic acids is 2. The number of nitrogens with one attached hydrogen (secondary N) is 1. The minimum Gasteiger partial charge on any atom is -0.354 e. The standard InChI is InChI=1S/C14H16F2N2O2/c1-8(2)17-14(20)9-3-13(19)18(7-9)12-5-10(15)4-11(16)6-12/h4-6,8-9H,3,7H2,1-2H3,(H,17,20)/t9-/m1/s1. The highest BCUT2D eigenvalue weighted by Crippen LogP contribution is 2.26. The first-order chi connectivity index (χ1) is 9.36. The van der Waals surface area contributed by atoms with Crippen molar-refractivity contribution in [2.75, 3.05) is 11.4 Å². The number of carbonyl (C=O) groups is 2. The number of halogens is 2. The molecule has 1 atom stereocenters. The molecule has 1 saturated heterocycles. The number of hydrogen-bond acceptors (Lipinski definition) is 2. The van der Waals surface area contributed by atoms with Crippen LogP contribution in [-0.4, -0.2) is 24.4 Å². The molecule has 1 fully saturated rings. The lowest BCUT2D eigenvalue weighted by Crippen LogP contribution is -2.37. The smallest absolute Gasteiger partial charge is 0.227 e. The van der Waals surface area contributed by atoms with E-state index >= 15 is 0 Å². The van der Waals surface area contributed by atoms with Gasteiger partial charge in [0.05, 0.1) is 5.92 Å². The Bertz CT molecular complexity index is 526. The lowest BCUT2D eigenvalue weighted by Gasteiger charge is -2.17. The summed E-state index contributed by atoms with van der Waals surface area (Å²) in [4.78, 5) is 25.0. The Hall–Kier alpha value is -1.98. The van der Waals surface area contributed by atoms with Crippen LogP contribution in [0.2, 0.25) is 0 Å². The highest BCUT2D eigenvalue weighted by molar-refractivity contribution is 6.00. The SMILES string of the molecule is CC(C)NC(=O)[C@@H]1CC(=O)N(c2cc(F)cc(F)c2)C1. The Labute approximate surface area is 115 Å². The molecule has 1 aromatic rings. The van der Waals surface area contributed by atoms with Gasteiger partial charge in [0, 0.05) is 30.8 Å². The van der Waals surface area contributed by atoms with Gasteiger partial charge in [-0.2, -0.15) is 0 Å². The monoisotopic (exact) mass is 282 g/mol. The molecule has 0 spiro atoms. The minimum atomic E-state index is -0.747. The molecule has 2 amide bonds. The average Bonchev–Trinajstić information content (AvgIpc) is 2.69. The predicted molar refractivity (Wildman–Crippen MR) is 70.1 cm³/mol. The second-order valence-electron chi connectivity index (χ2n) is 5.20. The molecular formula is C14H16F2N2O2. The maximum absolute atomic E-state index is 13.2. The van der Waals surface area contributed by atoms with Crippen molar-refractivity contribution in [1.29, 1.82) is 0 Å². The van der Waals surface area contributed by atoms with E-state index in [4.69, 9.17) is 0 Å². The van der Waals surface area contributed by atoms with Crippen LogP contribution < -0.4 is 10.2 Å². The van der Waals surface area contributed by atoms with Crippen molar-refractivity contribution < 1.29 is 18.4 Å². The van der Waals surface area contributed by atoms with Crippen LogP contribution in [0.3, 0.4) is 0 Å². The van der Waals surface area contributed by atoms with Gasteiger partial charge in [-0.05, 0) is 26.0 Å². The van der Waals surface area contributed by atoms with Crippen LogP contribution in [0.15, 0.2) is 18.2 Å². The van der Waals surface area contributed by atoms with Gasteiger partial charge >= 0.3 is 0 Å². The van der Waals surface area contributed by atoms with Crippen molar-refractivity contribution in [3.8, 4) is 0 Å². The van der Waals surface area contributed by atoms with Crippen LogP contribution in [-0.2, 0) is 9.59 Å². The fourth-order valence-corrected chi connectivity index (χ4v) is 2.23. The van der Waals surface area contributed by atoms with E-state index in [9.17, 15) is 18.4 Å². The van der Waals surface area contributed by atoms with Crippen molar-refractivity contribution in [2.24, 2.45) is 5.92 Å². The Kier molecular flexibility index (Phi) is 4.01. The van der Waals surface area contributed by atoms with Crippen molar-refractivity contribution in [3.05, 3.63) is 29.8 Å². The third kappa shape index (κ3) is 3.12. The van der Waals surface area contributed by atoms with Crippen LogP contribution in [0.5, 0.6) is 0 Å². The molecule has 1 aliphatic rings. The van der Waals surface area contributed by atoms with Gasteiger partial charge < -0.3 is 10.2 Å². The van der Waals surface area contributed by atoms with Crippen molar-refractivity contribution in [2.45, 2.75) is 26.3 Å². The molecule has 4 nitrogen and oxygen atoms in total. The number of hydrogen-bond donors (Lipinski definition) is 1. The molecule has 0 aliphatic carbocycles. The molecule has 1 heterocycles. The number of anilines is 1. The normalized spacial score (nSPS) is 18.8. The van der Waals surface area contributed by atoms with Gasteiger partial charge in [-0.3, -0.25) is 9.59 Å². The summed E-state index contributed by atoms with van der Waals surface area (Å²) in [5.74, 6) is -2.51. The zero-order valence-electron chi connectivity index (χ0n) is 11.3. The first-order valence-corrected chi connectivity index (χ1v) is 6.43. The Morgan fingerprint density at radius 3 is 2.45 bits per heavy atom. The molecule has 0 radical (unpaired) electrons. The fourth-order valence-electron chi connectivity index (χ4n) is 2.23. The minimum absolute atomic E-state index is 0.0155. The summed E-state index contributed by atoms with van der Waals surface area (Å²) in [5.41, 5.74) is 0.146. The van der Waals surface area contributed by atoms with E-state index in [2.05, 4.69) is 5.32 Å². The molecular weight excluding hydrogens is 266 g/mol. The van der Waals surface area contributed by atoms with Gasteiger partial charge in [0.1, 0.15) is 11.6 Å². The first kappa shape index (κ1) is 14.4. The lowest BCUT2D eigenvalue weighted by atomic mass is 10.1. The predicted octanol–water partition coefficient (Wildman–Crippen LogP) is 1.84. The number of nitrogens with zero attached hydrogens (tertiary/aromatic N) is 1. The lowest BCUT2D eigenvalue weighted by molar-refractivity contribution is -0.126. The molecule has 108 valence electrons. The summed E-state index contributed by atoms with van der Waals surface area (Å²) in [6.07, 6.45) is 0.0523. The van der Waals surface area contributed by atoms with Crippen LogP contribution in [0.25, 0.3) is 0 Å². The average molecular weight is 282 g/mol. The van der Waals surface area contributed by atoms with Crippen molar-refractivity contribution in [1.82, 2.24) is 5.32 Å². The molecule has 20 heavy (non-hydrogen) atoms. The molecule has 2 rings (SSSR count).